The van der Waals surface area contributed by atoms with Crippen molar-refractivity contribution in [3.05, 3.63) is 56.4 Å². The van der Waals surface area contributed by atoms with E-state index in [9.17, 15) is 9.59 Å². The van der Waals surface area contributed by atoms with Gasteiger partial charge >= 0.3 is 0 Å². The monoisotopic (exact) mass is 342 g/mol. The van der Waals surface area contributed by atoms with Crippen LogP contribution in [0.5, 0.6) is 0 Å². The number of H-pyrrole nitrogens is 1. The van der Waals surface area contributed by atoms with Crippen LogP contribution in [0.1, 0.15) is 36.2 Å². The zero-order chi connectivity index (χ0) is 17.1. The van der Waals surface area contributed by atoms with Gasteiger partial charge in [-0.1, -0.05) is 25.1 Å². The molecule has 0 aliphatic rings. The van der Waals surface area contributed by atoms with Crippen LogP contribution in [0.2, 0.25) is 0 Å². The summed E-state index contributed by atoms with van der Waals surface area (Å²) < 4.78 is 0. The zero-order valence-corrected chi connectivity index (χ0v) is 14.3. The van der Waals surface area contributed by atoms with Gasteiger partial charge < -0.3 is 5.32 Å². The number of aryl methyl sites for hydroxylation is 1. The number of fused-ring (bicyclic) bond motifs is 1. The van der Waals surface area contributed by atoms with Crippen molar-refractivity contribution in [2.75, 3.05) is 0 Å². The van der Waals surface area contributed by atoms with E-state index in [1.165, 1.54) is 0 Å². The number of hydrogen-bond donors (Lipinski definition) is 2. The molecular weight excluding hydrogens is 324 g/mol. The second-order valence-electron chi connectivity index (χ2n) is 5.51. The van der Waals surface area contributed by atoms with Crippen molar-refractivity contribution in [1.29, 1.82) is 0 Å². The molecule has 0 bridgehead atoms. The second-order valence-corrected chi connectivity index (χ2v) is 6.45. The van der Waals surface area contributed by atoms with E-state index < -0.39 is 5.92 Å². The summed E-state index contributed by atoms with van der Waals surface area (Å²) in [6, 6.07) is 7.16. The molecule has 0 aliphatic heterocycles. The lowest BCUT2D eigenvalue weighted by atomic mass is 10.0. The largest absolute Gasteiger partial charge is 0.350 e. The van der Waals surface area contributed by atoms with E-state index in [0.29, 0.717) is 23.0 Å². The van der Waals surface area contributed by atoms with Gasteiger partial charge in [-0.2, -0.15) is 5.10 Å². The molecule has 6 nitrogen and oxygen atoms in total. The van der Waals surface area contributed by atoms with Crippen molar-refractivity contribution in [3.63, 3.8) is 0 Å². The van der Waals surface area contributed by atoms with E-state index >= 15 is 0 Å². The quantitative estimate of drug-likeness (QED) is 0.745. The molecule has 3 rings (SSSR count). The van der Waals surface area contributed by atoms with Gasteiger partial charge in [-0.25, -0.2) is 10.1 Å². The topological polar surface area (TPSA) is 87.7 Å². The van der Waals surface area contributed by atoms with Gasteiger partial charge in [0.2, 0.25) is 5.91 Å². The van der Waals surface area contributed by atoms with Crippen LogP contribution in [0.3, 0.4) is 0 Å². The Bertz CT molecular complexity index is 931. The SMILES string of the molecule is CCc1nc(CNC(=O)C(C)c2n[nH]c(=O)c3ccccc23)cs1. The van der Waals surface area contributed by atoms with E-state index in [-0.39, 0.29) is 11.5 Å². The van der Waals surface area contributed by atoms with Crippen LogP contribution in [0, 0.1) is 0 Å². The van der Waals surface area contributed by atoms with Crippen LogP contribution >= 0.6 is 11.3 Å². The third kappa shape index (κ3) is 3.21. The molecule has 124 valence electrons. The van der Waals surface area contributed by atoms with Crippen molar-refractivity contribution in [2.45, 2.75) is 32.7 Å². The highest BCUT2D eigenvalue weighted by Gasteiger charge is 2.20. The van der Waals surface area contributed by atoms with E-state index in [1.807, 2.05) is 17.5 Å². The molecule has 3 aromatic rings. The number of carbonyl (C=O) groups excluding carboxylic acids is 1. The molecule has 0 spiro atoms. The number of amides is 1. The highest BCUT2D eigenvalue weighted by molar-refractivity contribution is 7.09. The molecule has 0 aliphatic carbocycles. The Kier molecular flexibility index (Phi) is 4.71. The number of aromatic nitrogens is 3. The van der Waals surface area contributed by atoms with Crippen LogP contribution in [0.25, 0.3) is 10.8 Å². The number of hydrogen-bond acceptors (Lipinski definition) is 5. The molecule has 24 heavy (non-hydrogen) atoms. The summed E-state index contributed by atoms with van der Waals surface area (Å²) in [6.45, 7) is 4.22. The minimum atomic E-state index is -0.476. The van der Waals surface area contributed by atoms with Crippen LogP contribution < -0.4 is 10.9 Å². The van der Waals surface area contributed by atoms with E-state index in [4.69, 9.17) is 0 Å². The predicted octanol–water partition coefficient (Wildman–Crippen LogP) is 2.36. The molecule has 1 unspecified atom stereocenters. The van der Waals surface area contributed by atoms with Gasteiger partial charge in [0.05, 0.1) is 34.2 Å². The summed E-state index contributed by atoms with van der Waals surface area (Å²) in [7, 11) is 0. The number of benzene rings is 1. The fourth-order valence-corrected chi connectivity index (χ4v) is 3.26. The zero-order valence-electron chi connectivity index (χ0n) is 13.5. The lowest BCUT2D eigenvalue weighted by molar-refractivity contribution is -0.122. The maximum absolute atomic E-state index is 12.5. The Balaban J connectivity index is 1.78. The molecule has 1 amide bonds. The van der Waals surface area contributed by atoms with Crippen molar-refractivity contribution < 1.29 is 4.79 Å². The molecule has 2 aromatic heterocycles. The Labute approximate surface area is 143 Å². The van der Waals surface area contributed by atoms with Gasteiger partial charge in [-0.3, -0.25) is 9.59 Å². The first-order chi connectivity index (χ1) is 11.6. The summed E-state index contributed by atoms with van der Waals surface area (Å²) in [5, 5.41) is 13.7. The van der Waals surface area contributed by atoms with Gasteiger partial charge in [-0.15, -0.1) is 11.3 Å². The summed E-state index contributed by atoms with van der Waals surface area (Å²) >= 11 is 1.59. The van der Waals surface area contributed by atoms with Gasteiger partial charge in [0.15, 0.2) is 0 Å². The van der Waals surface area contributed by atoms with Crippen LogP contribution in [-0.2, 0) is 17.8 Å². The highest BCUT2D eigenvalue weighted by atomic mass is 32.1. The van der Waals surface area contributed by atoms with Crippen LogP contribution in [0.4, 0.5) is 0 Å². The van der Waals surface area contributed by atoms with Gasteiger partial charge in [-0.05, 0) is 19.4 Å². The second kappa shape index (κ2) is 6.92. The summed E-state index contributed by atoms with van der Waals surface area (Å²) in [5.74, 6) is -0.623. The fourth-order valence-electron chi connectivity index (χ4n) is 2.51. The molecule has 0 saturated carbocycles. The van der Waals surface area contributed by atoms with Gasteiger partial charge in [0, 0.05) is 10.8 Å². The van der Waals surface area contributed by atoms with Crippen molar-refractivity contribution >= 4 is 28.0 Å². The molecule has 2 N–H and O–H groups in total. The molecule has 1 atom stereocenters. The molecular formula is C17H18N4O2S. The summed E-state index contributed by atoms with van der Waals surface area (Å²) in [5.41, 5.74) is 1.17. The van der Waals surface area contributed by atoms with Crippen LogP contribution in [0.15, 0.2) is 34.4 Å². The third-order valence-corrected chi connectivity index (χ3v) is 4.92. The van der Waals surface area contributed by atoms with Gasteiger partial charge in [0.1, 0.15) is 0 Å². The highest BCUT2D eigenvalue weighted by Crippen LogP contribution is 2.21. The van der Waals surface area contributed by atoms with Crippen LogP contribution in [-0.4, -0.2) is 21.1 Å². The molecule has 1 aromatic carbocycles. The minimum absolute atomic E-state index is 0.147. The first-order valence-corrected chi connectivity index (χ1v) is 8.66. The lowest BCUT2D eigenvalue weighted by Gasteiger charge is -2.12. The van der Waals surface area contributed by atoms with Gasteiger partial charge in [0.25, 0.3) is 5.56 Å². The number of nitrogens with zero attached hydrogens (tertiary/aromatic N) is 2. The first kappa shape index (κ1) is 16.3. The number of aromatic amines is 1. The van der Waals surface area contributed by atoms with Crippen molar-refractivity contribution in [1.82, 2.24) is 20.5 Å². The van der Waals surface area contributed by atoms with E-state index in [0.717, 1.165) is 17.1 Å². The Hall–Kier alpha value is -2.54. The molecule has 0 fully saturated rings. The smallest absolute Gasteiger partial charge is 0.272 e. The summed E-state index contributed by atoms with van der Waals surface area (Å²) in [4.78, 5) is 28.7. The average Bonchev–Trinajstić information content (AvgIpc) is 3.08. The fraction of sp³-hybridized carbons (Fsp3) is 0.294. The Morgan fingerprint density at radius 1 is 1.33 bits per heavy atom. The molecule has 2 heterocycles. The van der Waals surface area contributed by atoms with E-state index in [1.54, 1.807) is 30.4 Å². The molecule has 0 radical (unpaired) electrons. The molecule has 0 saturated heterocycles. The predicted molar refractivity (Wildman–Crippen MR) is 94.1 cm³/mol. The average molecular weight is 342 g/mol. The Morgan fingerprint density at radius 3 is 2.79 bits per heavy atom. The number of rotatable bonds is 5. The van der Waals surface area contributed by atoms with Crippen molar-refractivity contribution in [2.24, 2.45) is 0 Å². The maximum Gasteiger partial charge on any atom is 0.272 e. The normalized spacial score (nSPS) is 12.2. The maximum atomic E-state index is 12.5. The molecule has 7 heteroatoms. The summed E-state index contributed by atoms with van der Waals surface area (Å²) in [6.07, 6.45) is 0.891. The van der Waals surface area contributed by atoms with Crippen molar-refractivity contribution in [3.8, 4) is 0 Å². The first-order valence-electron chi connectivity index (χ1n) is 7.78. The number of nitrogens with one attached hydrogen (secondary N) is 2. The standard InChI is InChI=1S/C17H18N4O2S/c1-3-14-19-11(9-24-14)8-18-16(22)10(2)15-12-6-4-5-7-13(12)17(23)21-20-15/h4-7,9-10H,3,8H2,1-2H3,(H,18,22)(H,21,23). The third-order valence-electron chi connectivity index (χ3n) is 3.87. The minimum Gasteiger partial charge on any atom is -0.350 e. The Morgan fingerprint density at radius 2 is 2.08 bits per heavy atom. The lowest BCUT2D eigenvalue weighted by Crippen LogP contribution is -2.29. The number of thiazole rings is 1. The number of carbonyl (C=O) groups is 1. The van der Waals surface area contributed by atoms with E-state index in [2.05, 4.69) is 27.4 Å².